The van der Waals surface area contributed by atoms with Gasteiger partial charge in [-0.1, -0.05) is 11.6 Å². The Labute approximate surface area is 109 Å². The number of amides is 1. The minimum Gasteiger partial charge on any atom is -0.481 e. The lowest BCUT2D eigenvalue weighted by atomic mass is 10.1. The van der Waals surface area contributed by atoms with Crippen LogP contribution >= 0.6 is 11.6 Å². The van der Waals surface area contributed by atoms with Crippen LogP contribution in [0.5, 0.6) is 0 Å². The van der Waals surface area contributed by atoms with Crippen LogP contribution in [0.25, 0.3) is 0 Å². The maximum absolute atomic E-state index is 11.8. The largest absolute Gasteiger partial charge is 0.481 e. The highest BCUT2D eigenvalue weighted by Gasteiger charge is 2.30. The van der Waals surface area contributed by atoms with Crippen LogP contribution < -0.4 is 5.32 Å². The number of carbonyl (C=O) groups excluding carboxylic acids is 1. The van der Waals surface area contributed by atoms with Gasteiger partial charge < -0.3 is 10.4 Å². The summed E-state index contributed by atoms with van der Waals surface area (Å²) >= 11 is 5.68. The lowest BCUT2D eigenvalue weighted by molar-refractivity contribution is -0.141. The van der Waals surface area contributed by atoms with E-state index in [0.717, 1.165) is 0 Å². The summed E-state index contributed by atoms with van der Waals surface area (Å²) in [6.45, 7) is 0. The Bertz CT molecular complexity index is 461. The summed E-state index contributed by atoms with van der Waals surface area (Å²) in [5.41, 5.74) is 0.290. The summed E-state index contributed by atoms with van der Waals surface area (Å²) in [5.74, 6) is -1.44. The number of nitrogens with one attached hydrogen (secondary N) is 1. The van der Waals surface area contributed by atoms with E-state index in [1.807, 2.05) is 0 Å². The molecule has 1 heterocycles. The molecule has 0 radical (unpaired) electrons. The first-order chi connectivity index (χ1) is 8.56. The number of hydrogen-bond acceptors (Lipinski definition) is 3. The summed E-state index contributed by atoms with van der Waals surface area (Å²) in [4.78, 5) is 26.5. The highest BCUT2D eigenvalue weighted by Crippen LogP contribution is 2.25. The smallest absolute Gasteiger partial charge is 0.306 e. The van der Waals surface area contributed by atoms with E-state index in [1.165, 1.54) is 6.20 Å². The van der Waals surface area contributed by atoms with Gasteiger partial charge in [0.15, 0.2) is 0 Å². The highest BCUT2D eigenvalue weighted by molar-refractivity contribution is 6.30. The van der Waals surface area contributed by atoms with Crippen LogP contribution in [0, 0.1) is 5.92 Å². The van der Waals surface area contributed by atoms with Gasteiger partial charge in [-0.3, -0.25) is 9.59 Å². The number of aliphatic carboxylic acids is 1. The Balaban J connectivity index is 1.92. The van der Waals surface area contributed by atoms with Crippen LogP contribution in [0.2, 0.25) is 5.02 Å². The van der Waals surface area contributed by atoms with Gasteiger partial charge >= 0.3 is 5.97 Å². The van der Waals surface area contributed by atoms with Crippen molar-refractivity contribution < 1.29 is 14.7 Å². The number of aromatic nitrogens is 1. The van der Waals surface area contributed by atoms with Gasteiger partial charge in [0.1, 0.15) is 5.69 Å². The van der Waals surface area contributed by atoms with E-state index in [1.54, 1.807) is 12.1 Å². The van der Waals surface area contributed by atoms with Crippen LogP contribution in [0.3, 0.4) is 0 Å². The Morgan fingerprint density at radius 3 is 2.72 bits per heavy atom. The molecule has 1 fully saturated rings. The number of pyridine rings is 1. The first-order valence-electron chi connectivity index (χ1n) is 5.71. The average Bonchev–Trinajstić information content (AvgIpc) is 2.78. The number of carboxylic acids is 1. The molecule has 2 N–H and O–H groups in total. The second kappa shape index (κ2) is 5.35. The van der Waals surface area contributed by atoms with E-state index >= 15 is 0 Å². The summed E-state index contributed by atoms with van der Waals surface area (Å²) in [6, 6.07) is 3.05. The van der Waals surface area contributed by atoms with Gasteiger partial charge in [0.25, 0.3) is 5.91 Å². The third-order valence-electron chi connectivity index (χ3n) is 3.08. The Morgan fingerprint density at radius 1 is 1.39 bits per heavy atom. The van der Waals surface area contributed by atoms with Crippen LogP contribution in [0.15, 0.2) is 18.3 Å². The van der Waals surface area contributed by atoms with Gasteiger partial charge in [-0.15, -0.1) is 0 Å². The van der Waals surface area contributed by atoms with E-state index in [0.29, 0.717) is 24.3 Å². The molecule has 1 aliphatic carbocycles. The molecular formula is C12H13ClN2O3. The molecule has 96 valence electrons. The normalized spacial score (nSPS) is 22.7. The van der Waals surface area contributed by atoms with Crippen molar-refractivity contribution in [1.29, 1.82) is 0 Å². The standard InChI is InChI=1S/C12H13ClN2O3/c13-8-2-4-10(14-6-8)11(16)15-9-3-1-7(5-9)12(17)18/h2,4,6-7,9H,1,3,5H2,(H,15,16)(H,17,18)/t7-,9+/m1/s1. The van der Waals surface area contributed by atoms with Gasteiger partial charge in [-0.2, -0.15) is 0 Å². The molecule has 0 aliphatic heterocycles. The first-order valence-corrected chi connectivity index (χ1v) is 6.09. The van der Waals surface area contributed by atoms with Gasteiger partial charge in [-0.25, -0.2) is 4.98 Å². The van der Waals surface area contributed by atoms with Crippen molar-refractivity contribution in [3.05, 3.63) is 29.0 Å². The third kappa shape index (κ3) is 2.98. The lowest BCUT2D eigenvalue weighted by Crippen LogP contribution is -2.33. The van der Waals surface area contributed by atoms with Crippen molar-refractivity contribution in [1.82, 2.24) is 10.3 Å². The van der Waals surface area contributed by atoms with E-state index < -0.39 is 5.97 Å². The fourth-order valence-corrected chi connectivity index (χ4v) is 2.22. The quantitative estimate of drug-likeness (QED) is 0.875. The van der Waals surface area contributed by atoms with Gasteiger partial charge in [-0.05, 0) is 31.4 Å². The molecule has 1 aromatic rings. The molecule has 0 saturated heterocycles. The maximum atomic E-state index is 11.8. The van der Waals surface area contributed by atoms with E-state index in [2.05, 4.69) is 10.3 Å². The molecule has 6 heteroatoms. The maximum Gasteiger partial charge on any atom is 0.306 e. The van der Waals surface area contributed by atoms with Crippen molar-refractivity contribution in [2.24, 2.45) is 5.92 Å². The minimum absolute atomic E-state index is 0.0870. The third-order valence-corrected chi connectivity index (χ3v) is 3.30. The number of carbonyl (C=O) groups is 2. The zero-order valence-corrected chi connectivity index (χ0v) is 10.4. The molecule has 0 unspecified atom stereocenters. The van der Waals surface area contributed by atoms with Crippen LogP contribution in [-0.2, 0) is 4.79 Å². The first kappa shape index (κ1) is 12.8. The predicted octanol–water partition coefficient (Wildman–Crippen LogP) is 1.72. The zero-order valence-electron chi connectivity index (χ0n) is 9.60. The molecule has 1 amide bonds. The molecule has 0 aromatic carbocycles. The summed E-state index contributed by atoms with van der Waals surface area (Å²) < 4.78 is 0. The monoisotopic (exact) mass is 268 g/mol. The average molecular weight is 269 g/mol. The van der Waals surface area contributed by atoms with Crippen LogP contribution in [0.4, 0.5) is 0 Å². The molecule has 1 saturated carbocycles. The van der Waals surface area contributed by atoms with E-state index in [-0.39, 0.29) is 23.6 Å². The Morgan fingerprint density at radius 2 is 2.17 bits per heavy atom. The van der Waals surface area contributed by atoms with Gasteiger partial charge in [0.2, 0.25) is 0 Å². The Hall–Kier alpha value is -1.62. The number of rotatable bonds is 3. The van der Waals surface area contributed by atoms with Crippen molar-refractivity contribution >= 4 is 23.5 Å². The fraction of sp³-hybridized carbons (Fsp3) is 0.417. The molecule has 1 aliphatic rings. The number of halogens is 1. The predicted molar refractivity (Wildman–Crippen MR) is 65.5 cm³/mol. The van der Waals surface area contributed by atoms with E-state index in [4.69, 9.17) is 16.7 Å². The van der Waals surface area contributed by atoms with E-state index in [9.17, 15) is 9.59 Å². The molecule has 0 bridgehead atoms. The van der Waals surface area contributed by atoms with Gasteiger partial charge in [0.05, 0.1) is 10.9 Å². The van der Waals surface area contributed by atoms with Crippen molar-refractivity contribution in [3.63, 3.8) is 0 Å². The SMILES string of the molecule is O=C(N[C@H]1CC[C@@H](C(=O)O)C1)c1ccc(Cl)cn1. The fourth-order valence-electron chi connectivity index (χ4n) is 2.11. The molecule has 0 spiro atoms. The summed E-state index contributed by atoms with van der Waals surface area (Å²) in [5, 5.41) is 12.1. The number of hydrogen-bond donors (Lipinski definition) is 2. The van der Waals surface area contributed by atoms with Crippen LogP contribution in [0.1, 0.15) is 29.8 Å². The molecular weight excluding hydrogens is 256 g/mol. The summed E-state index contributed by atoms with van der Waals surface area (Å²) in [7, 11) is 0. The zero-order chi connectivity index (χ0) is 13.1. The Kier molecular flexibility index (Phi) is 3.81. The topological polar surface area (TPSA) is 79.3 Å². The molecule has 5 nitrogen and oxygen atoms in total. The van der Waals surface area contributed by atoms with Crippen molar-refractivity contribution in [2.75, 3.05) is 0 Å². The minimum atomic E-state index is -0.795. The van der Waals surface area contributed by atoms with Crippen LogP contribution in [-0.4, -0.2) is 28.0 Å². The molecule has 1 aromatic heterocycles. The van der Waals surface area contributed by atoms with Crippen molar-refractivity contribution in [2.45, 2.75) is 25.3 Å². The second-order valence-corrected chi connectivity index (χ2v) is 4.82. The molecule has 2 rings (SSSR count). The molecule has 18 heavy (non-hydrogen) atoms. The number of carboxylic acid groups (broad SMARTS) is 1. The second-order valence-electron chi connectivity index (χ2n) is 4.38. The lowest BCUT2D eigenvalue weighted by Gasteiger charge is -2.11. The van der Waals surface area contributed by atoms with Crippen molar-refractivity contribution in [3.8, 4) is 0 Å². The highest BCUT2D eigenvalue weighted by atomic mass is 35.5. The van der Waals surface area contributed by atoms with Gasteiger partial charge in [0, 0.05) is 12.2 Å². The molecule has 2 atom stereocenters. The summed E-state index contributed by atoms with van der Waals surface area (Å²) in [6.07, 6.45) is 3.18. The number of nitrogens with zero attached hydrogens (tertiary/aromatic N) is 1.